The average molecular weight is 424 g/mol. The van der Waals surface area contributed by atoms with Crippen molar-refractivity contribution >= 4 is 43.7 Å². The van der Waals surface area contributed by atoms with Gasteiger partial charge in [-0.15, -0.1) is 0 Å². The minimum Gasteiger partial charge on any atom is -0.464 e. The first-order chi connectivity index (χ1) is 10.0. The SMILES string of the molecule is CCOC(=O)[C@H](OCC)[C@@H]1CNC(=O)c2cc(Br)c(Br)n21. The molecule has 1 N–H and O–H groups in total. The van der Waals surface area contributed by atoms with Gasteiger partial charge in [-0.05, 0) is 51.8 Å². The van der Waals surface area contributed by atoms with Crippen LogP contribution in [0.5, 0.6) is 0 Å². The van der Waals surface area contributed by atoms with Crippen LogP contribution in [-0.2, 0) is 14.3 Å². The van der Waals surface area contributed by atoms with Gasteiger partial charge in [0.25, 0.3) is 5.91 Å². The molecular formula is C13H16Br2N2O4. The van der Waals surface area contributed by atoms with Crippen LogP contribution in [0.3, 0.4) is 0 Å². The number of nitrogens with one attached hydrogen (secondary N) is 1. The highest BCUT2D eigenvalue weighted by Gasteiger charge is 2.38. The van der Waals surface area contributed by atoms with Crippen LogP contribution < -0.4 is 5.32 Å². The van der Waals surface area contributed by atoms with Crippen molar-refractivity contribution in [3.8, 4) is 0 Å². The summed E-state index contributed by atoms with van der Waals surface area (Å²) in [6.07, 6.45) is -0.773. The van der Waals surface area contributed by atoms with Crippen LogP contribution in [0.1, 0.15) is 30.4 Å². The maximum Gasteiger partial charge on any atom is 0.337 e. The molecule has 6 nitrogen and oxygen atoms in total. The van der Waals surface area contributed by atoms with Gasteiger partial charge in [0.15, 0.2) is 6.10 Å². The Morgan fingerprint density at radius 2 is 2.19 bits per heavy atom. The number of ether oxygens (including phenoxy) is 2. The van der Waals surface area contributed by atoms with E-state index < -0.39 is 12.1 Å². The van der Waals surface area contributed by atoms with E-state index >= 15 is 0 Å². The van der Waals surface area contributed by atoms with E-state index in [1.165, 1.54) is 0 Å². The lowest BCUT2D eigenvalue weighted by Gasteiger charge is -2.32. The molecule has 1 aromatic heterocycles. The van der Waals surface area contributed by atoms with Crippen molar-refractivity contribution in [3.63, 3.8) is 0 Å². The van der Waals surface area contributed by atoms with E-state index in [0.717, 1.165) is 4.47 Å². The number of halogens is 2. The standard InChI is InChI=1S/C13H16Br2N2O4/c1-3-20-10(13(19)21-4-2)9-6-16-12(18)8-5-7(14)11(15)17(8)9/h5,9-10H,3-4,6H2,1-2H3,(H,16,18)/t9-,10+/m0/s1. The zero-order chi connectivity index (χ0) is 15.6. The van der Waals surface area contributed by atoms with Crippen molar-refractivity contribution in [3.05, 3.63) is 20.8 Å². The molecule has 0 unspecified atom stereocenters. The van der Waals surface area contributed by atoms with Crippen LogP contribution in [0.2, 0.25) is 0 Å². The molecule has 2 heterocycles. The lowest BCUT2D eigenvalue weighted by Crippen LogP contribution is -2.47. The predicted octanol–water partition coefficient (Wildman–Crippen LogP) is 2.27. The molecule has 0 saturated heterocycles. The second-order valence-corrected chi connectivity index (χ2v) is 6.05. The van der Waals surface area contributed by atoms with Crippen molar-refractivity contribution in [1.29, 1.82) is 0 Å². The molecular weight excluding hydrogens is 408 g/mol. The van der Waals surface area contributed by atoms with Crippen molar-refractivity contribution in [2.45, 2.75) is 26.0 Å². The molecule has 8 heteroatoms. The van der Waals surface area contributed by atoms with E-state index in [2.05, 4.69) is 37.2 Å². The van der Waals surface area contributed by atoms with Crippen LogP contribution in [0.4, 0.5) is 0 Å². The smallest absolute Gasteiger partial charge is 0.337 e. The number of carbonyl (C=O) groups is 2. The Morgan fingerprint density at radius 1 is 1.48 bits per heavy atom. The topological polar surface area (TPSA) is 69.6 Å². The molecule has 0 aliphatic carbocycles. The molecule has 1 aliphatic rings. The normalized spacial score (nSPS) is 18.9. The summed E-state index contributed by atoms with van der Waals surface area (Å²) in [7, 11) is 0. The molecule has 1 amide bonds. The maximum atomic E-state index is 12.1. The summed E-state index contributed by atoms with van der Waals surface area (Å²) < 4.78 is 13.9. The molecule has 1 aromatic rings. The highest BCUT2D eigenvalue weighted by Crippen LogP contribution is 2.34. The van der Waals surface area contributed by atoms with E-state index in [-0.39, 0.29) is 18.6 Å². The summed E-state index contributed by atoms with van der Waals surface area (Å²) in [6.45, 7) is 4.52. The summed E-state index contributed by atoms with van der Waals surface area (Å²) in [6, 6.07) is 1.34. The number of fused-ring (bicyclic) bond motifs is 1. The molecule has 21 heavy (non-hydrogen) atoms. The first kappa shape index (κ1) is 16.5. The van der Waals surface area contributed by atoms with E-state index in [4.69, 9.17) is 9.47 Å². The molecule has 0 fully saturated rings. The zero-order valence-corrected chi connectivity index (χ0v) is 14.9. The van der Waals surface area contributed by atoms with Crippen molar-refractivity contribution in [1.82, 2.24) is 9.88 Å². The number of esters is 1. The molecule has 2 rings (SSSR count). The number of hydrogen-bond donors (Lipinski definition) is 1. The van der Waals surface area contributed by atoms with E-state index in [0.29, 0.717) is 23.4 Å². The number of amides is 1. The maximum absolute atomic E-state index is 12.1. The Labute approximate surface area is 139 Å². The van der Waals surface area contributed by atoms with E-state index in [1.807, 2.05) is 6.92 Å². The van der Waals surface area contributed by atoms with Crippen molar-refractivity contribution < 1.29 is 19.1 Å². The molecule has 2 atom stereocenters. The number of nitrogens with zero attached hydrogens (tertiary/aromatic N) is 1. The van der Waals surface area contributed by atoms with Gasteiger partial charge < -0.3 is 19.4 Å². The highest BCUT2D eigenvalue weighted by molar-refractivity contribution is 9.13. The Hall–Kier alpha value is -0.860. The van der Waals surface area contributed by atoms with Gasteiger partial charge in [0.2, 0.25) is 0 Å². The Balaban J connectivity index is 2.41. The van der Waals surface area contributed by atoms with Gasteiger partial charge in [-0.2, -0.15) is 0 Å². The Bertz CT molecular complexity index is 559. The van der Waals surface area contributed by atoms with Crippen LogP contribution in [0, 0.1) is 0 Å². The minimum atomic E-state index is -0.773. The third-order valence-electron chi connectivity index (χ3n) is 3.18. The van der Waals surface area contributed by atoms with Crippen molar-refractivity contribution in [2.24, 2.45) is 0 Å². The fourth-order valence-corrected chi connectivity index (χ4v) is 3.31. The molecule has 0 bridgehead atoms. The molecule has 116 valence electrons. The average Bonchev–Trinajstić information content (AvgIpc) is 2.75. The van der Waals surface area contributed by atoms with Crippen LogP contribution in [0.15, 0.2) is 15.1 Å². The highest BCUT2D eigenvalue weighted by atomic mass is 79.9. The predicted molar refractivity (Wildman–Crippen MR) is 83.2 cm³/mol. The number of carbonyl (C=O) groups excluding carboxylic acids is 2. The third kappa shape index (κ3) is 3.17. The van der Waals surface area contributed by atoms with Gasteiger partial charge in [-0.3, -0.25) is 4.79 Å². The minimum absolute atomic E-state index is 0.184. The largest absolute Gasteiger partial charge is 0.464 e. The van der Waals surface area contributed by atoms with Crippen LogP contribution >= 0.6 is 31.9 Å². The van der Waals surface area contributed by atoms with E-state index in [1.54, 1.807) is 17.6 Å². The summed E-state index contributed by atoms with van der Waals surface area (Å²) >= 11 is 6.82. The first-order valence-corrected chi connectivity index (χ1v) is 8.22. The lowest BCUT2D eigenvalue weighted by atomic mass is 10.1. The summed E-state index contributed by atoms with van der Waals surface area (Å²) in [5.41, 5.74) is 0.471. The Kier molecular flexibility index (Phi) is 5.45. The van der Waals surface area contributed by atoms with E-state index in [9.17, 15) is 9.59 Å². The molecule has 1 aliphatic heterocycles. The fourth-order valence-electron chi connectivity index (χ4n) is 2.33. The number of rotatable bonds is 5. The molecule has 0 spiro atoms. The summed E-state index contributed by atoms with van der Waals surface area (Å²) in [5, 5.41) is 2.78. The molecule has 0 saturated carbocycles. The Morgan fingerprint density at radius 3 is 2.81 bits per heavy atom. The molecule has 0 radical (unpaired) electrons. The van der Waals surface area contributed by atoms with Crippen LogP contribution in [-0.4, -0.2) is 42.3 Å². The van der Waals surface area contributed by atoms with Gasteiger partial charge in [0.05, 0.1) is 17.1 Å². The van der Waals surface area contributed by atoms with Crippen LogP contribution in [0.25, 0.3) is 0 Å². The lowest BCUT2D eigenvalue weighted by molar-refractivity contribution is -0.159. The summed E-state index contributed by atoms with van der Waals surface area (Å²) in [5.74, 6) is -0.611. The summed E-state index contributed by atoms with van der Waals surface area (Å²) in [4.78, 5) is 24.1. The van der Waals surface area contributed by atoms with Gasteiger partial charge in [-0.1, -0.05) is 0 Å². The first-order valence-electron chi connectivity index (χ1n) is 6.63. The quantitative estimate of drug-likeness (QED) is 0.737. The second kappa shape index (κ2) is 6.93. The zero-order valence-electron chi connectivity index (χ0n) is 11.7. The number of hydrogen-bond acceptors (Lipinski definition) is 4. The monoisotopic (exact) mass is 422 g/mol. The van der Waals surface area contributed by atoms with Crippen molar-refractivity contribution in [2.75, 3.05) is 19.8 Å². The third-order valence-corrected chi connectivity index (χ3v) is 5.13. The fraction of sp³-hybridized carbons (Fsp3) is 0.538. The second-order valence-electron chi connectivity index (χ2n) is 4.44. The molecule has 0 aromatic carbocycles. The van der Waals surface area contributed by atoms with Gasteiger partial charge in [0, 0.05) is 13.2 Å². The van der Waals surface area contributed by atoms with Gasteiger partial charge >= 0.3 is 5.97 Å². The van der Waals surface area contributed by atoms with Gasteiger partial charge in [-0.25, -0.2) is 4.79 Å². The number of aromatic nitrogens is 1. The van der Waals surface area contributed by atoms with Gasteiger partial charge in [0.1, 0.15) is 10.3 Å².